The smallest absolute Gasteiger partial charge is 0.193 e. The van der Waals surface area contributed by atoms with Crippen LogP contribution in [0, 0.1) is 19.8 Å². The molecule has 0 saturated heterocycles. The second-order valence-corrected chi connectivity index (χ2v) is 7.07. The lowest BCUT2D eigenvalue weighted by molar-refractivity contribution is 0.270. The normalized spacial score (nSPS) is 11.3. The largest absolute Gasteiger partial charge is 0.493 e. The average Bonchev–Trinajstić information content (AvgIpc) is 2.59. The third-order valence-electron chi connectivity index (χ3n) is 4.55. The summed E-state index contributed by atoms with van der Waals surface area (Å²) in [4.78, 5) is 13.0. The first-order valence-corrected chi connectivity index (χ1v) is 8.72. The zero-order chi connectivity index (χ0) is 18.1. The zero-order valence-electron chi connectivity index (χ0n) is 15.6. The molecule has 3 heteroatoms. The molecule has 0 radical (unpaired) electrons. The Balaban J connectivity index is 2.25. The van der Waals surface area contributed by atoms with Gasteiger partial charge in [-0.15, -0.1) is 0 Å². The minimum absolute atomic E-state index is 0.0707. The van der Waals surface area contributed by atoms with Crippen molar-refractivity contribution in [3.63, 3.8) is 0 Å². The Kier molecular flexibility index (Phi) is 4.67. The van der Waals surface area contributed by atoms with Crippen molar-refractivity contribution in [3.8, 4) is 17.0 Å². The molecule has 0 amide bonds. The Hall–Kier alpha value is -2.55. The van der Waals surface area contributed by atoms with E-state index in [2.05, 4.69) is 24.5 Å². The van der Waals surface area contributed by atoms with Crippen LogP contribution < -0.4 is 10.2 Å². The van der Waals surface area contributed by atoms with Crippen molar-refractivity contribution < 1.29 is 4.74 Å². The number of hydrogen-bond acceptors (Lipinski definition) is 2. The van der Waals surface area contributed by atoms with Crippen molar-refractivity contribution in [2.45, 2.75) is 27.7 Å². The van der Waals surface area contributed by atoms with Crippen molar-refractivity contribution in [2.75, 3.05) is 6.61 Å². The molecule has 1 aromatic heterocycles. The molecule has 0 aliphatic carbocycles. The number of benzene rings is 2. The van der Waals surface area contributed by atoms with Gasteiger partial charge in [0.25, 0.3) is 0 Å². The van der Waals surface area contributed by atoms with Crippen LogP contribution >= 0.6 is 0 Å². The number of hydrogen-bond donors (Lipinski definition) is 0. The summed E-state index contributed by atoms with van der Waals surface area (Å²) in [7, 11) is 2.02. The maximum absolute atomic E-state index is 13.0. The van der Waals surface area contributed by atoms with E-state index in [1.165, 1.54) is 0 Å². The van der Waals surface area contributed by atoms with Gasteiger partial charge in [-0.1, -0.05) is 44.2 Å². The van der Waals surface area contributed by atoms with Crippen LogP contribution in [0.4, 0.5) is 0 Å². The summed E-state index contributed by atoms with van der Waals surface area (Å²) in [6.45, 7) is 8.81. The number of fused-ring (bicyclic) bond motifs is 1. The first-order chi connectivity index (χ1) is 11.9. The van der Waals surface area contributed by atoms with Crippen LogP contribution in [0.2, 0.25) is 0 Å². The molecule has 0 bridgehead atoms. The predicted octanol–water partition coefficient (Wildman–Crippen LogP) is 4.86. The van der Waals surface area contributed by atoms with E-state index >= 15 is 0 Å². The lowest BCUT2D eigenvalue weighted by Gasteiger charge is -2.18. The van der Waals surface area contributed by atoms with E-state index in [-0.39, 0.29) is 5.43 Å². The molecule has 1 heterocycles. The third kappa shape index (κ3) is 3.19. The second kappa shape index (κ2) is 6.75. The van der Waals surface area contributed by atoms with Gasteiger partial charge in [-0.3, -0.25) is 4.79 Å². The van der Waals surface area contributed by atoms with E-state index in [0.29, 0.717) is 17.9 Å². The summed E-state index contributed by atoms with van der Waals surface area (Å²) in [5.74, 6) is 1.24. The minimum atomic E-state index is 0.0707. The number of aryl methyl sites for hydroxylation is 2. The molecule has 0 fully saturated rings. The van der Waals surface area contributed by atoms with E-state index in [9.17, 15) is 4.79 Å². The first kappa shape index (κ1) is 17.3. The third-order valence-corrected chi connectivity index (χ3v) is 4.55. The van der Waals surface area contributed by atoms with Gasteiger partial charge in [0.15, 0.2) is 5.43 Å². The van der Waals surface area contributed by atoms with Gasteiger partial charge in [0.1, 0.15) is 5.75 Å². The molecule has 3 rings (SSSR count). The van der Waals surface area contributed by atoms with Crippen LogP contribution in [0.1, 0.15) is 25.0 Å². The molecular formula is C22H25NO2. The van der Waals surface area contributed by atoms with Gasteiger partial charge < -0.3 is 9.30 Å². The molecule has 0 spiro atoms. The van der Waals surface area contributed by atoms with Crippen molar-refractivity contribution in [1.82, 2.24) is 4.57 Å². The highest BCUT2D eigenvalue weighted by Gasteiger charge is 2.15. The van der Waals surface area contributed by atoms with Gasteiger partial charge in [-0.2, -0.15) is 0 Å². The van der Waals surface area contributed by atoms with Crippen LogP contribution in [0.15, 0.2) is 47.3 Å². The molecule has 3 nitrogen and oxygen atoms in total. The maximum Gasteiger partial charge on any atom is 0.193 e. The van der Waals surface area contributed by atoms with Gasteiger partial charge in [0.05, 0.1) is 17.8 Å². The summed E-state index contributed by atoms with van der Waals surface area (Å²) in [5, 5.41) is 0.712. The highest BCUT2D eigenvalue weighted by atomic mass is 16.5. The molecule has 25 heavy (non-hydrogen) atoms. The fraction of sp³-hybridized carbons (Fsp3) is 0.318. The number of rotatable bonds is 4. The molecule has 0 saturated carbocycles. The number of aromatic nitrogens is 1. The number of pyridine rings is 1. The fourth-order valence-electron chi connectivity index (χ4n) is 3.23. The zero-order valence-corrected chi connectivity index (χ0v) is 15.6. The Morgan fingerprint density at radius 3 is 2.40 bits per heavy atom. The summed E-state index contributed by atoms with van der Waals surface area (Å²) < 4.78 is 8.02. The summed E-state index contributed by atoms with van der Waals surface area (Å²) >= 11 is 0. The van der Waals surface area contributed by atoms with E-state index in [4.69, 9.17) is 4.74 Å². The van der Waals surface area contributed by atoms with Gasteiger partial charge >= 0.3 is 0 Å². The lowest BCUT2D eigenvalue weighted by atomic mass is 10.0. The first-order valence-electron chi connectivity index (χ1n) is 8.72. The average molecular weight is 335 g/mol. The van der Waals surface area contributed by atoms with Crippen LogP contribution in [-0.4, -0.2) is 11.2 Å². The molecule has 0 aliphatic rings. The van der Waals surface area contributed by atoms with Crippen LogP contribution in [0.5, 0.6) is 5.75 Å². The molecule has 2 aromatic carbocycles. The Bertz CT molecular complexity index is 969. The van der Waals surface area contributed by atoms with Crippen molar-refractivity contribution >= 4 is 10.9 Å². The Morgan fingerprint density at radius 1 is 1.08 bits per heavy atom. The molecule has 130 valence electrons. The topological polar surface area (TPSA) is 31.2 Å². The summed E-state index contributed by atoms with van der Waals surface area (Å²) in [6.07, 6.45) is 0. The van der Waals surface area contributed by atoms with Gasteiger partial charge in [0, 0.05) is 18.0 Å². The SMILES string of the molecule is Cc1cc2c(cc1OCC(C)C)c(=O)c(C)c(-c1ccccc1)n2C. The van der Waals surface area contributed by atoms with Crippen LogP contribution in [-0.2, 0) is 7.05 Å². The molecule has 0 unspecified atom stereocenters. The molecular weight excluding hydrogens is 310 g/mol. The minimum Gasteiger partial charge on any atom is -0.493 e. The summed E-state index contributed by atoms with van der Waals surface area (Å²) in [6, 6.07) is 14.0. The maximum atomic E-state index is 13.0. The van der Waals surface area contributed by atoms with Gasteiger partial charge in [-0.05, 0) is 43.0 Å². The van der Waals surface area contributed by atoms with Gasteiger partial charge in [0.2, 0.25) is 0 Å². The fourth-order valence-corrected chi connectivity index (χ4v) is 3.23. The van der Waals surface area contributed by atoms with Crippen molar-refractivity contribution in [3.05, 3.63) is 63.8 Å². The highest BCUT2D eigenvalue weighted by Crippen LogP contribution is 2.29. The molecule has 0 atom stereocenters. The van der Waals surface area contributed by atoms with E-state index in [1.54, 1.807) is 0 Å². The second-order valence-electron chi connectivity index (χ2n) is 7.07. The summed E-state index contributed by atoms with van der Waals surface area (Å²) in [5.41, 5.74) is 4.84. The Morgan fingerprint density at radius 2 is 1.76 bits per heavy atom. The van der Waals surface area contributed by atoms with E-state index < -0.39 is 0 Å². The molecule has 0 aliphatic heterocycles. The lowest BCUT2D eigenvalue weighted by Crippen LogP contribution is -2.15. The van der Waals surface area contributed by atoms with Crippen molar-refractivity contribution in [2.24, 2.45) is 13.0 Å². The molecule has 3 aromatic rings. The Labute approximate surface area is 148 Å². The van der Waals surface area contributed by atoms with Crippen LogP contribution in [0.25, 0.3) is 22.2 Å². The van der Waals surface area contributed by atoms with Crippen molar-refractivity contribution in [1.29, 1.82) is 0 Å². The number of nitrogens with zero attached hydrogens (tertiary/aromatic N) is 1. The predicted molar refractivity (Wildman–Crippen MR) is 104 cm³/mol. The highest BCUT2D eigenvalue weighted by molar-refractivity contribution is 5.86. The van der Waals surface area contributed by atoms with Gasteiger partial charge in [-0.25, -0.2) is 0 Å². The standard InChI is InChI=1S/C22H25NO2/c1-14(2)13-25-20-12-18-19(11-15(20)3)23(5)21(16(4)22(18)24)17-9-7-6-8-10-17/h6-12,14H,13H2,1-5H3. The van der Waals surface area contributed by atoms with E-state index in [1.807, 2.05) is 57.3 Å². The molecule has 0 N–H and O–H groups in total. The monoisotopic (exact) mass is 335 g/mol. The van der Waals surface area contributed by atoms with Crippen LogP contribution in [0.3, 0.4) is 0 Å². The number of ether oxygens (including phenoxy) is 1. The van der Waals surface area contributed by atoms with E-state index in [0.717, 1.165) is 33.7 Å². The quantitative estimate of drug-likeness (QED) is 0.682.